The maximum Gasteiger partial charge on any atom is 0.0450 e. The predicted molar refractivity (Wildman–Crippen MR) is 89.6 cm³/mol. The van der Waals surface area contributed by atoms with Gasteiger partial charge in [0.15, 0.2) is 0 Å². The van der Waals surface area contributed by atoms with Crippen LogP contribution in [-0.2, 0) is 5.41 Å². The minimum absolute atomic E-state index is 0.195. The summed E-state index contributed by atoms with van der Waals surface area (Å²) in [5.41, 5.74) is 3.99. The Balaban J connectivity index is 2.25. The van der Waals surface area contributed by atoms with Crippen LogP contribution >= 0.6 is 0 Å². The van der Waals surface area contributed by atoms with Gasteiger partial charge in [-0.2, -0.15) is 0 Å². The van der Waals surface area contributed by atoms with Crippen molar-refractivity contribution in [1.82, 2.24) is 10.3 Å². The minimum Gasteiger partial charge on any atom is -0.312 e. The molecule has 0 aliphatic heterocycles. The second-order valence-corrected chi connectivity index (χ2v) is 6.68. The lowest BCUT2D eigenvalue weighted by molar-refractivity contribution is 0.498. The fourth-order valence-electron chi connectivity index (χ4n) is 2.71. The maximum absolute atomic E-state index is 4.49. The quantitative estimate of drug-likeness (QED) is 0.896. The van der Waals surface area contributed by atoms with Crippen molar-refractivity contribution in [2.24, 2.45) is 0 Å². The summed E-state index contributed by atoms with van der Waals surface area (Å²) in [4.78, 5) is 4.49. The van der Waals surface area contributed by atoms with Crippen LogP contribution in [0.15, 0.2) is 48.7 Å². The molecule has 1 N–H and O–H groups in total. The first-order valence-electron chi connectivity index (χ1n) is 7.62. The number of hydrogen-bond donors (Lipinski definition) is 1. The molecule has 1 aromatic carbocycles. The molecule has 2 atom stereocenters. The minimum atomic E-state index is 0.195. The zero-order chi connectivity index (χ0) is 15.5. The highest BCUT2D eigenvalue weighted by atomic mass is 14.9. The van der Waals surface area contributed by atoms with Gasteiger partial charge in [0.05, 0.1) is 0 Å². The number of benzene rings is 1. The van der Waals surface area contributed by atoms with E-state index in [1.807, 2.05) is 25.4 Å². The molecule has 2 rings (SSSR count). The normalized spacial score (nSPS) is 14.7. The molecule has 0 aliphatic rings. The Bertz CT molecular complexity index is 552. The first kappa shape index (κ1) is 15.7. The van der Waals surface area contributed by atoms with E-state index >= 15 is 0 Å². The number of aromatic nitrogens is 1. The largest absolute Gasteiger partial charge is 0.312 e. The van der Waals surface area contributed by atoms with E-state index < -0.39 is 0 Å². The second kappa shape index (κ2) is 6.40. The second-order valence-electron chi connectivity index (χ2n) is 6.68. The summed E-state index contributed by atoms with van der Waals surface area (Å²) in [6, 6.07) is 15.3. The van der Waals surface area contributed by atoms with Gasteiger partial charge in [0.2, 0.25) is 0 Å². The molecule has 0 fully saturated rings. The molecule has 2 nitrogen and oxygen atoms in total. The molecule has 0 saturated carbocycles. The van der Waals surface area contributed by atoms with Gasteiger partial charge < -0.3 is 5.32 Å². The van der Waals surface area contributed by atoms with Crippen molar-refractivity contribution in [1.29, 1.82) is 0 Å². The summed E-state index contributed by atoms with van der Waals surface area (Å²) in [6.45, 7) is 8.96. The number of nitrogens with one attached hydrogen (secondary N) is 1. The summed E-state index contributed by atoms with van der Waals surface area (Å²) < 4.78 is 0. The van der Waals surface area contributed by atoms with Crippen LogP contribution in [0.2, 0.25) is 0 Å². The summed E-state index contributed by atoms with van der Waals surface area (Å²) >= 11 is 0. The van der Waals surface area contributed by atoms with Crippen LogP contribution < -0.4 is 5.32 Å². The van der Waals surface area contributed by atoms with Crippen LogP contribution in [0.3, 0.4) is 0 Å². The highest BCUT2D eigenvalue weighted by Crippen LogP contribution is 2.30. The fourth-order valence-corrected chi connectivity index (χ4v) is 2.71. The number of pyridine rings is 1. The third-order valence-corrected chi connectivity index (χ3v) is 4.10. The van der Waals surface area contributed by atoms with E-state index in [1.165, 1.54) is 11.1 Å². The van der Waals surface area contributed by atoms with E-state index in [4.69, 9.17) is 0 Å². The molecule has 112 valence electrons. The van der Waals surface area contributed by atoms with Gasteiger partial charge in [-0.05, 0) is 35.7 Å². The van der Waals surface area contributed by atoms with Crippen molar-refractivity contribution in [3.05, 3.63) is 65.5 Å². The van der Waals surface area contributed by atoms with Crippen molar-refractivity contribution >= 4 is 0 Å². The Morgan fingerprint density at radius 1 is 1.00 bits per heavy atom. The van der Waals surface area contributed by atoms with Gasteiger partial charge in [-0.1, -0.05) is 58.0 Å². The third kappa shape index (κ3) is 3.70. The van der Waals surface area contributed by atoms with Crippen molar-refractivity contribution in [3.63, 3.8) is 0 Å². The van der Waals surface area contributed by atoms with E-state index in [-0.39, 0.29) is 11.5 Å². The van der Waals surface area contributed by atoms with E-state index in [2.05, 4.69) is 68.3 Å². The lowest BCUT2D eigenvalue weighted by Crippen LogP contribution is -2.23. The van der Waals surface area contributed by atoms with E-state index in [0.29, 0.717) is 5.92 Å². The van der Waals surface area contributed by atoms with Crippen LogP contribution in [0, 0.1) is 0 Å². The van der Waals surface area contributed by atoms with Gasteiger partial charge in [-0.15, -0.1) is 0 Å². The number of likely N-dealkylation sites (N-methyl/N-ethyl adjacent to an activating group) is 1. The third-order valence-electron chi connectivity index (χ3n) is 4.10. The van der Waals surface area contributed by atoms with Crippen LogP contribution in [0.25, 0.3) is 0 Å². The molecule has 2 unspecified atom stereocenters. The van der Waals surface area contributed by atoms with Gasteiger partial charge in [0.25, 0.3) is 0 Å². The van der Waals surface area contributed by atoms with Gasteiger partial charge in [-0.3, -0.25) is 4.98 Å². The van der Waals surface area contributed by atoms with Crippen LogP contribution in [-0.4, -0.2) is 12.0 Å². The SMILES string of the molecule is CNC(c1ccc(C(C)(C)C)cc1)C(C)c1ccccn1. The highest BCUT2D eigenvalue weighted by Gasteiger charge is 2.21. The molecular weight excluding hydrogens is 256 g/mol. The summed E-state index contributed by atoms with van der Waals surface area (Å²) in [5.74, 6) is 0.330. The monoisotopic (exact) mass is 282 g/mol. The number of hydrogen-bond acceptors (Lipinski definition) is 2. The van der Waals surface area contributed by atoms with Crippen LogP contribution in [0.1, 0.15) is 56.5 Å². The molecule has 1 heterocycles. The standard InChI is InChI=1S/C19H26N2/c1-14(17-8-6-7-13-21-17)18(20-5)15-9-11-16(12-10-15)19(2,3)4/h6-14,18,20H,1-5H3. The first-order valence-corrected chi connectivity index (χ1v) is 7.62. The van der Waals surface area contributed by atoms with Gasteiger partial charge in [0, 0.05) is 23.9 Å². The number of rotatable bonds is 4. The molecule has 21 heavy (non-hydrogen) atoms. The van der Waals surface area contributed by atoms with Crippen molar-refractivity contribution < 1.29 is 0 Å². The summed E-state index contributed by atoms with van der Waals surface area (Å²) in [6.07, 6.45) is 1.86. The van der Waals surface area contributed by atoms with Crippen LogP contribution in [0.5, 0.6) is 0 Å². The average Bonchev–Trinajstić information content (AvgIpc) is 2.48. The molecule has 0 bridgehead atoms. The Morgan fingerprint density at radius 2 is 1.67 bits per heavy atom. The topological polar surface area (TPSA) is 24.9 Å². The van der Waals surface area contributed by atoms with Crippen molar-refractivity contribution in [2.75, 3.05) is 7.05 Å². The Morgan fingerprint density at radius 3 is 2.14 bits per heavy atom. The summed E-state index contributed by atoms with van der Waals surface area (Å²) in [7, 11) is 2.02. The lowest BCUT2D eigenvalue weighted by atomic mass is 9.85. The molecule has 0 amide bonds. The smallest absolute Gasteiger partial charge is 0.0450 e. The maximum atomic E-state index is 4.49. The molecule has 2 heteroatoms. The molecule has 0 radical (unpaired) electrons. The lowest BCUT2D eigenvalue weighted by Gasteiger charge is -2.25. The van der Waals surface area contributed by atoms with E-state index in [0.717, 1.165) is 5.69 Å². The molecule has 2 aromatic rings. The molecule has 1 aromatic heterocycles. The molecule has 0 spiro atoms. The van der Waals surface area contributed by atoms with E-state index in [1.54, 1.807) is 0 Å². The number of nitrogens with zero attached hydrogens (tertiary/aromatic N) is 1. The van der Waals surface area contributed by atoms with Gasteiger partial charge in [-0.25, -0.2) is 0 Å². The van der Waals surface area contributed by atoms with Crippen molar-refractivity contribution in [2.45, 2.75) is 45.1 Å². The van der Waals surface area contributed by atoms with Gasteiger partial charge in [0.1, 0.15) is 0 Å². The molecule has 0 saturated heterocycles. The zero-order valence-electron chi connectivity index (χ0n) is 13.7. The molecular formula is C19H26N2. The highest BCUT2D eigenvalue weighted by molar-refractivity contribution is 5.31. The fraction of sp³-hybridized carbons (Fsp3) is 0.421. The average molecular weight is 282 g/mol. The molecule has 0 aliphatic carbocycles. The summed E-state index contributed by atoms with van der Waals surface area (Å²) in [5, 5.41) is 3.43. The van der Waals surface area contributed by atoms with Crippen molar-refractivity contribution in [3.8, 4) is 0 Å². The van der Waals surface area contributed by atoms with Crippen LogP contribution in [0.4, 0.5) is 0 Å². The predicted octanol–water partition coefficient (Wildman–Crippen LogP) is 4.44. The Labute approximate surface area is 128 Å². The van der Waals surface area contributed by atoms with E-state index in [9.17, 15) is 0 Å². The zero-order valence-corrected chi connectivity index (χ0v) is 13.7. The first-order chi connectivity index (χ1) is 9.93. The Kier molecular flexibility index (Phi) is 4.79. The van der Waals surface area contributed by atoms with Gasteiger partial charge >= 0.3 is 0 Å². The Hall–Kier alpha value is -1.67.